The van der Waals surface area contributed by atoms with Gasteiger partial charge in [-0.25, -0.2) is 4.98 Å². The van der Waals surface area contributed by atoms with E-state index in [1.165, 1.54) is 22.2 Å². The van der Waals surface area contributed by atoms with Crippen molar-refractivity contribution in [3.8, 4) is 11.5 Å². The van der Waals surface area contributed by atoms with Crippen molar-refractivity contribution in [3.05, 3.63) is 51.9 Å². The molecule has 0 aliphatic carbocycles. The fourth-order valence-corrected chi connectivity index (χ4v) is 3.51. The summed E-state index contributed by atoms with van der Waals surface area (Å²) in [5.41, 5.74) is -0.133. The summed E-state index contributed by atoms with van der Waals surface area (Å²) in [6.45, 7) is 4.80. The molecule has 26 heavy (non-hydrogen) atoms. The zero-order valence-electron chi connectivity index (χ0n) is 14.8. The molecule has 0 aliphatic heterocycles. The van der Waals surface area contributed by atoms with Crippen molar-refractivity contribution in [1.29, 1.82) is 0 Å². The lowest BCUT2D eigenvalue weighted by Gasteiger charge is -2.14. The molecule has 0 spiro atoms. The second kappa shape index (κ2) is 8.33. The van der Waals surface area contributed by atoms with Gasteiger partial charge in [0.1, 0.15) is 29.0 Å². The molecule has 0 bridgehead atoms. The summed E-state index contributed by atoms with van der Waals surface area (Å²) in [6, 6.07) is 9.09. The second-order valence-electron chi connectivity index (χ2n) is 5.86. The van der Waals surface area contributed by atoms with Crippen LogP contribution >= 0.6 is 11.3 Å². The Balaban J connectivity index is 1.62. The highest BCUT2D eigenvalue weighted by Gasteiger charge is 2.12. The normalized spacial score (nSPS) is 12.3. The maximum atomic E-state index is 12.5. The molecular formula is C19H22N2O4S. The van der Waals surface area contributed by atoms with Gasteiger partial charge in [-0.2, -0.15) is 0 Å². The van der Waals surface area contributed by atoms with Crippen molar-refractivity contribution >= 4 is 21.6 Å². The predicted octanol–water partition coefficient (Wildman–Crippen LogP) is 2.86. The zero-order chi connectivity index (χ0) is 18.5. The van der Waals surface area contributed by atoms with E-state index in [2.05, 4.69) is 4.98 Å². The Morgan fingerprint density at radius 1 is 1.19 bits per heavy atom. The lowest BCUT2D eigenvalue weighted by Crippen LogP contribution is -2.30. The summed E-state index contributed by atoms with van der Waals surface area (Å²) in [4.78, 5) is 18.7. The van der Waals surface area contributed by atoms with Crippen molar-refractivity contribution in [2.24, 2.45) is 0 Å². The third-order valence-electron chi connectivity index (χ3n) is 3.90. The zero-order valence-corrected chi connectivity index (χ0v) is 15.7. The first-order valence-electron chi connectivity index (χ1n) is 8.62. The van der Waals surface area contributed by atoms with Crippen LogP contribution in [0.5, 0.6) is 11.5 Å². The van der Waals surface area contributed by atoms with E-state index in [4.69, 9.17) is 9.47 Å². The maximum Gasteiger partial charge on any atom is 0.262 e. The Hall–Kier alpha value is -2.38. The highest BCUT2D eigenvalue weighted by Crippen LogP contribution is 2.21. The number of hydrogen-bond donors (Lipinski definition) is 1. The minimum absolute atomic E-state index is 0.0856. The van der Waals surface area contributed by atoms with Crippen LogP contribution in [-0.2, 0) is 13.0 Å². The lowest BCUT2D eigenvalue weighted by molar-refractivity contribution is 0.0914. The van der Waals surface area contributed by atoms with Crippen LogP contribution in [0.2, 0.25) is 0 Å². The molecule has 0 radical (unpaired) electrons. The summed E-state index contributed by atoms with van der Waals surface area (Å²) >= 11 is 1.53. The molecular weight excluding hydrogens is 352 g/mol. The Morgan fingerprint density at radius 3 is 2.54 bits per heavy atom. The van der Waals surface area contributed by atoms with Gasteiger partial charge >= 0.3 is 0 Å². The number of benzene rings is 1. The Bertz CT molecular complexity index is 917. The Labute approximate surface area is 155 Å². The molecule has 6 nitrogen and oxygen atoms in total. The third-order valence-corrected chi connectivity index (χ3v) is 5.09. The van der Waals surface area contributed by atoms with Crippen LogP contribution in [0.1, 0.15) is 18.7 Å². The molecule has 7 heteroatoms. The largest absolute Gasteiger partial charge is 0.494 e. The number of nitrogens with zero attached hydrogens (tertiary/aromatic N) is 2. The average molecular weight is 374 g/mol. The van der Waals surface area contributed by atoms with Gasteiger partial charge < -0.3 is 14.6 Å². The van der Waals surface area contributed by atoms with Crippen LogP contribution in [0.15, 0.2) is 41.5 Å². The van der Waals surface area contributed by atoms with Crippen molar-refractivity contribution in [2.45, 2.75) is 32.9 Å². The van der Waals surface area contributed by atoms with Gasteiger partial charge in [0, 0.05) is 4.88 Å². The smallest absolute Gasteiger partial charge is 0.262 e. The highest BCUT2D eigenvalue weighted by atomic mass is 32.1. The highest BCUT2D eigenvalue weighted by molar-refractivity contribution is 7.18. The van der Waals surface area contributed by atoms with E-state index in [1.54, 1.807) is 12.1 Å². The van der Waals surface area contributed by atoms with Crippen LogP contribution in [-0.4, -0.2) is 34.0 Å². The molecule has 2 heterocycles. The van der Waals surface area contributed by atoms with Crippen LogP contribution in [0.25, 0.3) is 10.2 Å². The number of aromatic nitrogens is 2. The molecule has 3 rings (SSSR count). The summed E-state index contributed by atoms with van der Waals surface area (Å²) < 4.78 is 12.4. The van der Waals surface area contributed by atoms with E-state index in [9.17, 15) is 9.90 Å². The van der Waals surface area contributed by atoms with Gasteiger partial charge in [0.15, 0.2) is 0 Å². The number of aliphatic hydroxyl groups excluding tert-OH is 1. The third kappa shape index (κ3) is 4.23. The first-order chi connectivity index (χ1) is 12.6. The van der Waals surface area contributed by atoms with E-state index in [1.807, 2.05) is 32.0 Å². The number of ether oxygens (including phenoxy) is 2. The fourth-order valence-electron chi connectivity index (χ4n) is 2.58. The van der Waals surface area contributed by atoms with Crippen LogP contribution in [0, 0.1) is 0 Å². The SMILES string of the molecule is CCOc1ccc(OCC(O)Cn2cnc3sc(CC)cc3c2=O)cc1. The molecule has 0 saturated carbocycles. The number of fused-ring (bicyclic) bond motifs is 1. The number of rotatable bonds is 8. The van der Waals surface area contributed by atoms with Gasteiger partial charge in [0.2, 0.25) is 0 Å². The van der Waals surface area contributed by atoms with Gasteiger partial charge in [-0.05, 0) is 43.7 Å². The van der Waals surface area contributed by atoms with E-state index < -0.39 is 6.10 Å². The van der Waals surface area contributed by atoms with Crippen molar-refractivity contribution in [2.75, 3.05) is 13.2 Å². The molecule has 2 aromatic heterocycles. The van der Waals surface area contributed by atoms with Crippen molar-refractivity contribution < 1.29 is 14.6 Å². The second-order valence-corrected chi connectivity index (χ2v) is 6.97. The van der Waals surface area contributed by atoms with E-state index in [0.29, 0.717) is 17.7 Å². The molecule has 0 aliphatic rings. The maximum absolute atomic E-state index is 12.5. The number of aliphatic hydroxyl groups is 1. The summed E-state index contributed by atoms with van der Waals surface area (Å²) in [5, 5.41) is 10.8. The summed E-state index contributed by atoms with van der Waals surface area (Å²) in [6.07, 6.45) is 1.54. The van der Waals surface area contributed by atoms with E-state index in [-0.39, 0.29) is 18.7 Å². The molecule has 0 saturated heterocycles. The van der Waals surface area contributed by atoms with Gasteiger partial charge in [0.25, 0.3) is 5.56 Å². The van der Waals surface area contributed by atoms with Crippen LogP contribution < -0.4 is 15.0 Å². The van der Waals surface area contributed by atoms with Crippen molar-refractivity contribution in [3.63, 3.8) is 0 Å². The molecule has 0 fully saturated rings. The van der Waals surface area contributed by atoms with Gasteiger partial charge in [0.05, 0.1) is 24.9 Å². The van der Waals surface area contributed by atoms with Gasteiger partial charge in [-0.1, -0.05) is 6.92 Å². The molecule has 1 atom stereocenters. The summed E-state index contributed by atoms with van der Waals surface area (Å²) in [5.74, 6) is 1.41. The first kappa shape index (κ1) is 18.4. The molecule has 1 N–H and O–H groups in total. The number of aryl methyl sites for hydroxylation is 1. The molecule has 0 amide bonds. The molecule has 1 unspecified atom stereocenters. The first-order valence-corrected chi connectivity index (χ1v) is 9.44. The molecule has 1 aromatic carbocycles. The standard InChI is InChI=1S/C19H22N2O4S/c1-3-16-9-17-18(26-16)20-12-21(19(17)23)10-13(22)11-25-15-7-5-14(6-8-15)24-4-2/h5-9,12-13,22H,3-4,10-11H2,1-2H3. The summed E-state index contributed by atoms with van der Waals surface area (Å²) in [7, 11) is 0. The molecule has 138 valence electrons. The van der Waals surface area contributed by atoms with Crippen molar-refractivity contribution in [1.82, 2.24) is 9.55 Å². The average Bonchev–Trinajstić information content (AvgIpc) is 3.08. The number of thiophene rings is 1. The van der Waals surface area contributed by atoms with Crippen LogP contribution in [0.4, 0.5) is 0 Å². The Morgan fingerprint density at radius 2 is 1.88 bits per heavy atom. The van der Waals surface area contributed by atoms with Gasteiger partial charge in [-0.3, -0.25) is 9.36 Å². The lowest BCUT2D eigenvalue weighted by atomic mass is 10.3. The minimum atomic E-state index is -0.817. The Kier molecular flexibility index (Phi) is 5.90. The van der Waals surface area contributed by atoms with E-state index >= 15 is 0 Å². The van der Waals surface area contributed by atoms with Crippen LogP contribution in [0.3, 0.4) is 0 Å². The molecule has 3 aromatic rings. The fraction of sp³-hybridized carbons (Fsp3) is 0.368. The van der Waals surface area contributed by atoms with Gasteiger partial charge in [-0.15, -0.1) is 11.3 Å². The quantitative estimate of drug-likeness (QED) is 0.656. The predicted molar refractivity (Wildman–Crippen MR) is 102 cm³/mol. The monoisotopic (exact) mass is 374 g/mol. The minimum Gasteiger partial charge on any atom is -0.494 e. The topological polar surface area (TPSA) is 73.6 Å². The van der Waals surface area contributed by atoms with E-state index in [0.717, 1.165) is 21.9 Å². The number of hydrogen-bond acceptors (Lipinski definition) is 6.